The van der Waals surface area contributed by atoms with Crippen molar-refractivity contribution in [1.82, 2.24) is 5.32 Å². The molecule has 24 heavy (non-hydrogen) atoms. The molecule has 0 aliphatic heterocycles. The molecule has 0 aliphatic rings. The minimum atomic E-state index is -4.08. The first-order chi connectivity index (χ1) is 9.15. The molecule has 0 aromatic heterocycles. The molecule has 0 heterocycles. The molecule has 1 radical (unpaired) electrons. The van der Waals surface area contributed by atoms with Gasteiger partial charge in [-0.25, -0.2) is 0 Å². The molecule has 0 unspecified atom stereocenters. The van der Waals surface area contributed by atoms with Crippen molar-refractivity contribution in [2.75, 3.05) is 12.8 Å². The molecule has 1 aromatic rings. The minimum absolute atomic E-state index is 0. The van der Waals surface area contributed by atoms with Gasteiger partial charge in [-0.15, -0.1) is 11.8 Å². The molecule has 6 heteroatoms. The summed E-state index contributed by atoms with van der Waals surface area (Å²) < 4.78 is 34.1. The Bertz CT molecular complexity index is 383. The molecule has 1 N–H and O–H groups in total. The van der Waals surface area contributed by atoms with Crippen LogP contribution in [0, 0.1) is 0 Å². The predicted molar refractivity (Wildman–Crippen MR) is 102 cm³/mol. The maximum Gasteiger partial charge on any atom is 0.401 e. The standard InChI is InChI=1S/C10H14S.C5H10F3N.3CH4.Y/c1-8(2)9-5-4-6-10(7-9)11-3;1-4(2)9-3-5(6,7)8;;;;/h4-8H,1-3H3;4,9H,3H2,1-2H3;3*1H4;. The quantitative estimate of drug-likeness (QED) is 0.503. The smallest absolute Gasteiger partial charge is 0.306 e. The summed E-state index contributed by atoms with van der Waals surface area (Å²) in [6, 6.07) is 8.61. The van der Waals surface area contributed by atoms with Gasteiger partial charge < -0.3 is 5.32 Å². The second-order valence-electron chi connectivity index (χ2n) is 5.08. The van der Waals surface area contributed by atoms with Crippen LogP contribution in [0.2, 0.25) is 0 Å². The van der Waals surface area contributed by atoms with Gasteiger partial charge in [-0.2, -0.15) is 13.2 Å². The molecular formula is C18H36F3NSY. The summed E-state index contributed by atoms with van der Waals surface area (Å²) in [7, 11) is 0. The number of alkyl halides is 3. The maximum absolute atomic E-state index is 11.4. The molecule has 1 nitrogen and oxygen atoms in total. The fourth-order valence-corrected chi connectivity index (χ4v) is 1.79. The summed E-state index contributed by atoms with van der Waals surface area (Å²) in [5.41, 5.74) is 1.43. The van der Waals surface area contributed by atoms with Gasteiger partial charge in [-0.05, 0) is 29.9 Å². The molecule has 1 rings (SSSR count). The van der Waals surface area contributed by atoms with Gasteiger partial charge in [0.05, 0.1) is 6.54 Å². The molecule has 0 amide bonds. The first kappa shape index (κ1) is 35.5. The molecule has 0 spiro atoms. The zero-order valence-corrected chi connectivity index (χ0v) is 16.9. The van der Waals surface area contributed by atoms with Gasteiger partial charge in [-0.3, -0.25) is 0 Å². The predicted octanol–water partition coefficient (Wildman–Crippen LogP) is 6.98. The van der Waals surface area contributed by atoms with E-state index in [1.807, 2.05) is 0 Å². The average Bonchev–Trinajstić information content (AvgIpc) is 2.36. The maximum atomic E-state index is 11.4. The Balaban J connectivity index is -0.0000000874. The SMILES string of the molecule is C.C.C.CC(C)NCC(F)(F)F.CSc1cccc(C(C)C)c1.[Y]. The van der Waals surface area contributed by atoms with Crippen molar-refractivity contribution in [2.24, 2.45) is 0 Å². The number of rotatable bonds is 4. The van der Waals surface area contributed by atoms with Crippen LogP contribution in [0.1, 0.15) is 61.5 Å². The molecule has 0 aliphatic carbocycles. The molecule has 0 saturated heterocycles. The number of thioether (sulfide) groups is 1. The van der Waals surface area contributed by atoms with Gasteiger partial charge in [0.15, 0.2) is 0 Å². The normalized spacial score (nSPS) is 9.58. The third kappa shape index (κ3) is 20.5. The second kappa shape index (κ2) is 18.2. The fourth-order valence-electron chi connectivity index (χ4n) is 1.32. The number of benzene rings is 1. The topological polar surface area (TPSA) is 12.0 Å². The summed E-state index contributed by atoms with van der Waals surface area (Å²) in [6.07, 6.45) is -1.97. The second-order valence-corrected chi connectivity index (χ2v) is 5.96. The Labute approximate surface area is 177 Å². The van der Waals surface area contributed by atoms with Gasteiger partial charge >= 0.3 is 6.18 Å². The van der Waals surface area contributed by atoms with Crippen LogP contribution >= 0.6 is 11.8 Å². The largest absolute Gasteiger partial charge is 0.401 e. The number of hydrogen-bond acceptors (Lipinski definition) is 2. The zero-order chi connectivity index (χ0) is 15.8. The van der Waals surface area contributed by atoms with E-state index in [9.17, 15) is 13.2 Å². The molecule has 0 fully saturated rings. The van der Waals surface area contributed by atoms with Gasteiger partial charge in [0.25, 0.3) is 0 Å². The first-order valence-electron chi connectivity index (χ1n) is 6.59. The van der Waals surface area contributed by atoms with E-state index in [0.29, 0.717) is 5.92 Å². The van der Waals surface area contributed by atoms with Gasteiger partial charge in [0.1, 0.15) is 0 Å². The molecule has 143 valence electrons. The Morgan fingerprint density at radius 3 is 1.83 bits per heavy atom. The average molecular weight is 444 g/mol. The van der Waals surface area contributed by atoms with Crippen molar-refractivity contribution < 1.29 is 45.9 Å². The van der Waals surface area contributed by atoms with Crippen LogP contribution in [-0.2, 0) is 32.7 Å². The zero-order valence-electron chi connectivity index (χ0n) is 13.3. The van der Waals surface area contributed by atoms with Crippen molar-refractivity contribution in [1.29, 1.82) is 0 Å². The summed E-state index contributed by atoms with van der Waals surface area (Å²) in [4.78, 5) is 1.36. The third-order valence-electron chi connectivity index (χ3n) is 2.47. The Hall–Kier alpha value is 0.424. The van der Waals surface area contributed by atoms with E-state index in [1.54, 1.807) is 25.6 Å². The van der Waals surface area contributed by atoms with E-state index in [4.69, 9.17) is 0 Å². The Kier molecular flexibility index (Phi) is 27.0. The van der Waals surface area contributed by atoms with Crippen molar-refractivity contribution in [2.45, 2.75) is 73.0 Å². The van der Waals surface area contributed by atoms with Crippen LogP contribution in [0.15, 0.2) is 29.2 Å². The van der Waals surface area contributed by atoms with Crippen molar-refractivity contribution >= 4 is 11.8 Å². The summed E-state index contributed by atoms with van der Waals surface area (Å²) in [5.74, 6) is 0.641. The van der Waals surface area contributed by atoms with Crippen molar-refractivity contribution in [3.8, 4) is 0 Å². The Morgan fingerprint density at radius 1 is 1.04 bits per heavy atom. The van der Waals surface area contributed by atoms with Crippen molar-refractivity contribution in [3.05, 3.63) is 29.8 Å². The van der Waals surface area contributed by atoms with Gasteiger partial charge in [-0.1, -0.05) is 62.1 Å². The van der Waals surface area contributed by atoms with E-state index in [2.05, 4.69) is 49.7 Å². The molecule has 0 saturated carbocycles. The third-order valence-corrected chi connectivity index (χ3v) is 3.20. The van der Waals surface area contributed by atoms with Crippen LogP contribution in [0.3, 0.4) is 0 Å². The summed E-state index contributed by atoms with van der Waals surface area (Å²) in [5, 5.41) is 2.26. The molecule has 1 aromatic carbocycles. The number of halogens is 3. The summed E-state index contributed by atoms with van der Waals surface area (Å²) >= 11 is 1.80. The molecular weight excluding hydrogens is 408 g/mol. The van der Waals surface area contributed by atoms with Crippen LogP contribution in [-0.4, -0.2) is 25.0 Å². The van der Waals surface area contributed by atoms with E-state index in [0.717, 1.165) is 0 Å². The van der Waals surface area contributed by atoms with Crippen LogP contribution in [0.5, 0.6) is 0 Å². The fraction of sp³-hybridized carbons (Fsp3) is 0.667. The van der Waals surface area contributed by atoms with E-state index in [1.165, 1.54) is 10.5 Å². The number of hydrogen-bond donors (Lipinski definition) is 1. The minimum Gasteiger partial charge on any atom is -0.306 e. The van der Waals surface area contributed by atoms with Gasteiger partial charge in [0.2, 0.25) is 0 Å². The monoisotopic (exact) mass is 444 g/mol. The molecule has 0 atom stereocenters. The van der Waals surface area contributed by atoms with Crippen LogP contribution in [0.4, 0.5) is 13.2 Å². The van der Waals surface area contributed by atoms with Crippen LogP contribution < -0.4 is 5.32 Å². The number of nitrogens with one attached hydrogen (secondary N) is 1. The Morgan fingerprint density at radius 2 is 1.54 bits per heavy atom. The summed E-state index contributed by atoms with van der Waals surface area (Å²) in [6.45, 7) is 6.89. The van der Waals surface area contributed by atoms with Crippen molar-refractivity contribution in [3.63, 3.8) is 0 Å². The van der Waals surface area contributed by atoms with Gasteiger partial charge in [0, 0.05) is 43.6 Å². The van der Waals surface area contributed by atoms with E-state index < -0.39 is 12.7 Å². The van der Waals surface area contributed by atoms with Crippen LogP contribution in [0.25, 0.3) is 0 Å². The molecule has 0 bridgehead atoms. The van der Waals surface area contributed by atoms with E-state index in [-0.39, 0.29) is 61.0 Å². The van der Waals surface area contributed by atoms with E-state index >= 15 is 0 Å². The first-order valence-corrected chi connectivity index (χ1v) is 7.82.